The lowest BCUT2D eigenvalue weighted by atomic mass is 9.48. The molecule has 0 radical (unpaired) electrons. The van der Waals surface area contributed by atoms with Crippen molar-refractivity contribution in [3.8, 4) is 11.5 Å². The third-order valence-electron chi connectivity index (χ3n) is 9.67. The third-order valence-corrected chi connectivity index (χ3v) is 9.67. The zero-order valence-corrected chi connectivity index (χ0v) is 24.4. The molecule has 1 amide bonds. The Morgan fingerprint density at radius 3 is 1.95 bits per heavy atom. The van der Waals surface area contributed by atoms with Crippen LogP contribution in [0, 0.1) is 17.8 Å². The van der Waals surface area contributed by atoms with E-state index >= 15 is 0 Å². The van der Waals surface area contributed by atoms with Crippen LogP contribution in [0.25, 0.3) is 0 Å². The molecular weight excluding hydrogens is 534 g/mol. The molecule has 43 heavy (non-hydrogen) atoms. The molecule has 4 fully saturated rings. The fourth-order valence-corrected chi connectivity index (χ4v) is 8.07. The highest BCUT2D eigenvalue weighted by molar-refractivity contribution is 5.95. The Kier molecular flexibility index (Phi) is 7.44. The molecule has 4 aromatic rings. The normalized spacial score (nSPS) is 23.5. The lowest BCUT2D eigenvalue weighted by molar-refractivity contribution is -0.00649. The van der Waals surface area contributed by atoms with E-state index in [1.807, 2.05) is 72.8 Å². The number of ether oxygens (including phenoxy) is 2. The summed E-state index contributed by atoms with van der Waals surface area (Å²) in [4.78, 5) is 13.4. The first-order valence-electron chi connectivity index (χ1n) is 15.5. The molecular formula is C37H39N3O3. The molecule has 4 N–H and O–H groups in total. The zero-order valence-electron chi connectivity index (χ0n) is 24.4. The Bertz CT molecular complexity index is 1550. The first-order valence-corrected chi connectivity index (χ1v) is 15.5. The van der Waals surface area contributed by atoms with Gasteiger partial charge in [0.2, 0.25) is 0 Å². The summed E-state index contributed by atoms with van der Waals surface area (Å²) in [6, 6.07) is 31.7. The van der Waals surface area contributed by atoms with Gasteiger partial charge in [0, 0.05) is 17.2 Å². The van der Waals surface area contributed by atoms with Crippen molar-refractivity contribution >= 4 is 17.3 Å². The molecule has 0 aliphatic heterocycles. The quantitative estimate of drug-likeness (QED) is 0.134. The molecule has 0 saturated heterocycles. The number of amides is 1. The van der Waals surface area contributed by atoms with Crippen molar-refractivity contribution in [1.82, 2.24) is 5.43 Å². The largest absolute Gasteiger partial charge is 0.489 e. The first-order chi connectivity index (χ1) is 21.0. The maximum atomic E-state index is 13.4. The maximum Gasteiger partial charge on any atom is 0.269 e. The summed E-state index contributed by atoms with van der Waals surface area (Å²) in [7, 11) is 0. The molecule has 0 unspecified atom stereocenters. The van der Waals surface area contributed by atoms with Gasteiger partial charge in [-0.25, -0.2) is 0 Å². The van der Waals surface area contributed by atoms with Gasteiger partial charge in [-0.1, -0.05) is 60.7 Å². The minimum Gasteiger partial charge on any atom is -0.489 e. The average Bonchev–Trinajstić information content (AvgIpc) is 3.02. The Hall–Kier alpha value is -4.45. The van der Waals surface area contributed by atoms with Crippen LogP contribution in [0.5, 0.6) is 11.5 Å². The van der Waals surface area contributed by atoms with Crippen LogP contribution in [0.15, 0.2) is 97.1 Å². The van der Waals surface area contributed by atoms with E-state index in [0.717, 1.165) is 34.6 Å². The lowest BCUT2D eigenvalue weighted by Gasteiger charge is -2.57. The summed E-state index contributed by atoms with van der Waals surface area (Å²) in [5.74, 6) is 3.74. The fourth-order valence-electron chi connectivity index (χ4n) is 8.07. The maximum absolute atomic E-state index is 13.4. The van der Waals surface area contributed by atoms with Crippen LogP contribution in [0.1, 0.15) is 65.6 Å². The standard InChI is InChI=1S/C37H39N3O3/c38-33-19-31(42-23-25-7-3-1-4-8-25)12-13-34(33)39-40-36(41)30-11-14-35(43-24-26-9-5-2-6-10-26)32(18-30)37-20-27-15-28(21-37)17-29(16-27)22-37/h1-14,18-19,27-29,39H,15-17,20-24,38H2,(H,40,41). The summed E-state index contributed by atoms with van der Waals surface area (Å²) >= 11 is 0. The van der Waals surface area contributed by atoms with Crippen molar-refractivity contribution in [2.24, 2.45) is 17.8 Å². The molecule has 4 saturated carbocycles. The van der Waals surface area contributed by atoms with Crippen LogP contribution >= 0.6 is 0 Å². The van der Waals surface area contributed by atoms with Gasteiger partial charge in [-0.05, 0) is 103 Å². The topological polar surface area (TPSA) is 85.6 Å². The number of nitrogen functional groups attached to an aromatic ring is 1. The van der Waals surface area contributed by atoms with Crippen molar-refractivity contribution in [3.05, 3.63) is 119 Å². The van der Waals surface area contributed by atoms with Gasteiger partial charge in [0.05, 0.1) is 11.4 Å². The van der Waals surface area contributed by atoms with E-state index in [-0.39, 0.29) is 11.3 Å². The number of benzene rings is 4. The number of hydrazine groups is 1. The minimum absolute atomic E-state index is 0.0878. The zero-order chi connectivity index (χ0) is 29.2. The Morgan fingerprint density at radius 1 is 0.744 bits per heavy atom. The van der Waals surface area contributed by atoms with Crippen LogP contribution in [-0.4, -0.2) is 5.91 Å². The van der Waals surface area contributed by atoms with Gasteiger partial charge >= 0.3 is 0 Å². The molecule has 4 aromatic carbocycles. The minimum atomic E-state index is -0.204. The Labute approximate surface area is 253 Å². The van der Waals surface area contributed by atoms with Gasteiger partial charge in [0.15, 0.2) is 0 Å². The average molecular weight is 574 g/mol. The van der Waals surface area contributed by atoms with E-state index in [1.165, 1.54) is 44.1 Å². The molecule has 4 bridgehead atoms. The number of carbonyl (C=O) groups excluding carboxylic acids is 1. The highest BCUT2D eigenvalue weighted by Gasteiger charge is 2.52. The SMILES string of the molecule is Nc1cc(OCc2ccccc2)ccc1NNC(=O)c1ccc(OCc2ccccc2)c(C23CC4CC(CC(C4)C2)C3)c1. The second-order valence-electron chi connectivity index (χ2n) is 12.8. The van der Waals surface area contributed by atoms with Gasteiger partial charge in [-0.3, -0.25) is 15.6 Å². The van der Waals surface area contributed by atoms with Crippen LogP contribution < -0.4 is 26.1 Å². The summed E-state index contributed by atoms with van der Waals surface area (Å²) in [6.45, 7) is 0.971. The summed E-state index contributed by atoms with van der Waals surface area (Å²) < 4.78 is 12.4. The number of nitrogens with one attached hydrogen (secondary N) is 2. The van der Waals surface area contributed by atoms with Gasteiger partial charge in [-0.15, -0.1) is 0 Å². The molecule has 6 nitrogen and oxygen atoms in total. The second-order valence-corrected chi connectivity index (χ2v) is 12.8. The summed E-state index contributed by atoms with van der Waals surface area (Å²) in [5, 5.41) is 0. The molecule has 0 aromatic heterocycles. The number of rotatable bonds is 10. The third kappa shape index (κ3) is 5.92. The van der Waals surface area contributed by atoms with Crippen molar-refractivity contribution in [2.75, 3.05) is 11.2 Å². The number of anilines is 2. The van der Waals surface area contributed by atoms with E-state index in [4.69, 9.17) is 15.2 Å². The van der Waals surface area contributed by atoms with Crippen molar-refractivity contribution in [3.63, 3.8) is 0 Å². The van der Waals surface area contributed by atoms with E-state index in [2.05, 4.69) is 29.1 Å². The summed E-state index contributed by atoms with van der Waals surface area (Å²) in [6.07, 6.45) is 7.67. The predicted octanol–water partition coefficient (Wildman–Crippen LogP) is 7.65. The number of hydrogen-bond donors (Lipinski definition) is 3. The molecule has 0 spiro atoms. The molecule has 6 heteroatoms. The Balaban J connectivity index is 1.07. The monoisotopic (exact) mass is 573 g/mol. The Morgan fingerprint density at radius 2 is 1.35 bits per heavy atom. The van der Waals surface area contributed by atoms with Crippen LogP contribution in [-0.2, 0) is 18.6 Å². The molecule has 4 aliphatic rings. The first kappa shape index (κ1) is 27.4. The van der Waals surface area contributed by atoms with Gasteiger partial charge in [0.25, 0.3) is 5.91 Å². The van der Waals surface area contributed by atoms with Crippen LogP contribution in [0.2, 0.25) is 0 Å². The van der Waals surface area contributed by atoms with Gasteiger partial charge in [-0.2, -0.15) is 0 Å². The van der Waals surface area contributed by atoms with E-state index in [0.29, 0.717) is 35.9 Å². The highest BCUT2D eigenvalue weighted by Crippen LogP contribution is 2.62. The molecule has 4 aliphatic carbocycles. The smallest absolute Gasteiger partial charge is 0.269 e. The second kappa shape index (κ2) is 11.7. The van der Waals surface area contributed by atoms with Crippen molar-refractivity contribution in [2.45, 2.75) is 57.2 Å². The highest BCUT2D eigenvalue weighted by atomic mass is 16.5. The number of hydrogen-bond acceptors (Lipinski definition) is 5. The molecule has 8 rings (SSSR count). The van der Waals surface area contributed by atoms with E-state index in [1.54, 1.807) is 6.07 Å². The van der Waals surface area contributed by atoms with Crippen molar-refractivity contribution < 1.29 is 14.3 Å². The lowest BCUT2D eigenvalue weighted by Crippen LogP contribution is -2.48. The molecule has 220 valence electrons. The van der Waals surface area contributed by atoms with Crippen LogP contribution in [0.4, 0.5) is 11.4 Å². The summed E-state index contributed by atoms with van der Waals surface area (Å²) in [5.41, 5.74) is 17.4. The van der Waals surface area contributed by atoms with Crippen molar-refractivity contribution in [1.29, 1.82) is 0 Å². The van der Waals surface area contributed by atoms with Gasteiger partial charge < -0.3 is 15.2 Å². The van der Waals surface area contributed by atoms with Crippen LogP contribution in [0.3, 0.4) is 0 Å². The molecule has 0 heterocycles. The van der Waals surface area contributed by atoms with E-state index in [9.17, 15) is 4.79 Å². The van der Waals surface area contributed by atoms with E-state index < -0.39 is 0 Å². The number of carbonyl (C=O) groups is 1. The number of nitrogens with two attached hydrogens (primary N) is 1. The van der Waals surface area contributed by atoms with Gasteiger partial charge in [0.1, 0.15) is 24.7 Å². The molecule has 0 atom stereocenters. The fraction of sp³-hybridized carbons (Fsp3) is 0.324. The predicted molar refractivity (Wildman–Crippen MR) is 170 cm³/mol.